The highest BCUT2D eigenvalue weighted by atomic mass is 79.9. The van der Waals surface area contributed by atoms with Gasteiger partial charge in [0.05, 0.1) is 17.7 Å². The van der Waals surface area contributed by atoms with E-state index in [9.17, 15) is 14.3 Å². The molecule has 1 aliphatic carbocycles. The van der Waals surface area contributed by atoms with Crippen molar-refractivity contribution in [1.29, 1.82) is 0 Å². The third-order valence-corrected chi connectivity index (χ3v) is 7.09. The minimum atomic E-state index is -0.680. The zero-order valence-electron chi connectivity index (χ0n) is 19.4. The summed E-state index contributed by atoms with van der Waals surface area (Å²) in [6.07, 6.45) is 5.21. The van der Waals surface area contributed by atoms with E-state index < -0.39 is 23.6 Å². The Hall–Kier alpha value is -2.84. The SMILES string of the molecule is CC[C@@H](NC(=O)c1ccc(-c2cc([C@H]3CC[C@H](O)CC3)cnc2N)cc1F)c1cc(F)cc(Br)c1. The zero-order valence-corrected chi connectivity index (χ0v) is 21.0. The average Bonchev–Trinajstić information content (AvgIpc) is 2.82. The maximum Gasteiger partial charge on any atom is 0.254 e. The fraction of sp³-hybridized carbons (Fsp3) is 0.333. The molecular formula is C27H28BrF2N3O2. The number of benzene rings is 2. The largest absolute Gasteiger partial charge is 0.393 e. The summed E-state index contributed by atoms with van der Waals surface area (Å²) in [6, 6.07) is 10.2. The number of amides is 1. The Morgan fingerprint density at radius 2 is 1.91 bits per heavy atom. The van der Waals surface area contributed by atoms with Crippen molar-refractivity contribution in [3.05, 3.63) is 81.5 Å². The molecule has 8 heteroatoms. The number of pyridine rings is 1. The predicted molar refractivity (Wildman–Crippen MR) is 136 cm³/mol. The summed E-state index contributed by atoms with van der Waals surface area (Å²) in [6.45, 7) is 1.86. The molecule has 5 nitrogen and oxygen atoms in total. The van der Waals surface area contributed by atoms with Crippen molar-refractivity contribution in [2.24, 2.45) is 0 Å². The molecule has 0 spiro atoms. The minimum Gasteiger partial charge on any atom is -0.393 e. The monoisotopic (exact) mass is 543 g/mol. The summed E-state index contributed by atoms with van der Waals surface area (Å²) in [7, 11) is 0. The Kier molecular flexibility index (Phi) is 7.82. The van der Waals surface area contributed by atoms with Crippen molar-refractivity contribution in [2.75, 3.05) is 5.73 Å². The van der Waals surface area contributed by atoms with Crippen LogP contribution in [-0.2, 0) is 0 Å². The van der Waals surface area contributed by atoms with Crippen LogP contribution >= 0.6 is 15.9 Å². The fourth-order valence-electron chi connectivity index (χ4n) is 4.66. The Labute approximate surface area is 211 Å². The van der Waals surface area contributed by atoms with Gasteiger partial charge < -0.3 is 16.2 Å². The van der Waals surface area contributed by atoms with Crippen molar-refractivity contribution >= 4 is 27.7 Å². The van der Waals surface area contributed by atoms with E-state index in [0.29, 0.717) is 27.6 Å². The van der Waals surface area contributed by atoms with E-state index in [1.54, 1.807) is 18.3 Å². The number of aliphatic hydroxyl groups is 1. The normalized spacial score (nSPS) is 18.8. The van der Waals surface area contributed by atoms with Gasteiger partial charge in [-0.2, -0.15) is 0 Å². The van der Waals surface area contributed by atoms with Gasteiger partial charge in [-0.05, 0) is 91.1 Å². The Balaban J connectivity index is 1.55. The van der Waals surface area contributed by atoms with Gasteiger partial charge in [-0.15, -0.1) is 0 Å². The molecule has 1 aliphatic rings. The maximum atomic E-state index is 15.1. The van der Waals surface area contributed by atoms with Crippen LogP contribution in [0.3, 0.4) is 0 Å². The smallest absolute Gasteiger partial charge is 0.254 e. The van der Waals surface area contributed by atoms with Crippen LogP contribution in [0.1, 0.15) is 72.5 Å². The summed E-state index contributed by atoms with van der Waals surface area (Å²) < 4.78 is 29.5. The van der Waals surface area contributed by atoms with Crippen molar-refractivity contribution in [1.82, 2.24) is 10.3 Å². The lowest BCUT2D eigenvalue weighted by Gasteiger charge is -2.26. The number of aromatic nitrogens is 1. The molecule has 1 aromatic heterocycles. The highest BCUT2D eigenvalue weighted by Crippen LogP contribution is 2.36. The summed E-state index contributed by atoms with van der Waals surface area (Å²) in [4.78, 5) is 17.2. The standard InChI is InChI=1S/C27H28BrF2N3O2/c1-2-25(17-9-19(28)13-20(29)10-17)33-27(35)22-8-5-16(12-24(22)30)23-11-18(14-32-26(23)31)15-3-6-21(34)7-4-15/h5,8-15,21,25,34H,2-4,6-7H2,1H3,(H2,31,32)(H,33,35)/t15-,21-,25-/m1/s1. The van der Waals surface area contributed by atoms with E-state index in [0.717, 1.165) is 31.2 Å². The first kappa shape index (κ1) is 25.3. The van der Waals surface area contributed by atoms with Crippen molar-refractivity contribution in [3.8, 4) is 11.1 Å². The lowest BCUT2D eigenvalue weighted by Crippen LogP contribution is -2.29. The lowest BCUT2D eigenvalue weighted by molar-refractivity contribution is 0.0931. The molecule has 1 atom stereocenters. The second-order valence-electron chi connectivity index (χ2n) is 9.04. The minimum absolute atomic E-state index is 0.105. The number of nitrogens with zero attached hydrogens (tertiary/aromatic N) is 1. The average molecular weight is 544 g/mol. The molecule has 0 unspecified atom stereocenters. The topological polar surface area (TPSA) is 88.2 Å². The molecule has 0 saturated heterocycles. The first-order valence-corrected chi connectivity index (χ1v) is 12.5. The molecule has 35 heavy (non-hydrogen) atoms. The van der Waals surface area contributed by atoms with Gasteiger partial charge in [-0.1, -0.05) is 28.9 Å². The number of hydrogen-bond acceptors (Lipinski definition) is 4. The van der Waals surface area contributed by atoms with Gasteiger partial charge in [0.15, 0.2) is 0 Å². The van der Waals surface area contributed by atoms with Gasteiger partial charge in [0, 0.05) is 16.2 Å². The molecule has 4 N–H and O–H groups in total. The number of nitrogen functional groups attached to an aromatic ring is 1. The second kappa shape index (κ2) is 10.8. The summed E-state index contributed by atoms with van der Waals surface area (Å²) in [5, 5.41) is 12.6. The van der Waals surface area contributed by atoms with Crippen LogP contribution in [0.25, 0.3) is 11.1 Å². The number of carbonyl (C=O) groups excluding carboxylic acids is 1. The van der Waals surface area contributed by atoms with Crippen LogP contribution in [0.2, 0.25) is 0 Å². The number of nitrogens with two attached hydrogens (primary N) is 1. The van der Waals surface area contributed by atoms with E-state index >= 15 is 4.39 Å². The molecule has 1 saturated carbocycles. The molecule has 0 bridgehead atoms. The molecule has 1 heterocycles. The van der Waals surface area contributed by atoms with Crippen LogP contribution in [-0.4, -0.2) is 22.1 Å². The Morgan fingerprint density at radius 1 is 1.17 bits per heavy atom. The van der Waals surface area contributed by atoms with Crippen molar-refractivity contribution < 1.29 is 18.7 Å². The first-order chi connectivity index (χ1) is 16.7. The third-order valence-electron chi connectivity index (χ3n) is 6.63. The fourth-order valence-corrected chi connectivity index (χ4v) is 5.14. The van der Waals surface area contributed by atoms with E-state index in [1.165, 1.54) is 24.3 Å². The number of halogens is 3. The van der Waals surface area contributed by atoms with Crippen LogP contribution in [0.5, 0.6) is 0 Å². The highest BCUT2D eigenvalue weighted by molar-refractivity contribution is 9.10. The molecule has 184 valence electrons. The summed E-state index contributed by atoms with van der Waals surface area (Å²) >= 11 is 3.26. The van der Waals surface area contributed by atoms with Gasteiger partial charge in [0.25, 0.3) is 5.91 Å². The van der Waals surface area contributed by atoms with Crippen LogP contribution in [0, 0.1) is 11.6 Å². The number of hydrogen-bond donors (Lipinski definition) is 3. The molecule has 0 radical (unpaired) electrons. The zero-order chi connectivity index (χ0) is 25.1. The van der Waals surface area contributed by atoms with Gasteiger partial charge in [0.1, 0.15) is 17.5 Å². The molecule has 0 aliphatic heterocycles. The number of nitrogens with one attached hydrogen (secondary N) is 1. The van der Waals surface area contributed by atoms with Crippen molar-refractivity contribution in [3.63, 3.8) is 0 Å². The Bertz CT molecular complexity index is 1210. The highest BCUT2D eigenvalue weighted by Gasteiger charge is 2.23. The van der Waals surface area contributed by atoms with E-state index in [2.05, 4.69) is 26.2 Å². The molecule has 2 aromatic carbocycles. The quantitative estimate of drug-likeness (QED) is 0.341. The van der Waals surface area contributed by atoms with Gasteiger partial charge in [-0.25, -0.2) is 13.8 Å². The number of rotatable bonds is 6. The number of carbonyl (C=O) groups is 1. The van der Waals surface area contributed by atoms with E-state index in [1.807, 2.05) is 13.0 Å². The van der Waals surface area contributed by atoms with Crippen LogP contribution < -0.4 is 11.1 Å². The first-order valence-electron chi connectivity index (χ1n) is 11.8. The maximum absolute atomic E-state index is 15.1. The third kappa shape index (κ3) is 5.87. The summed E-state index contributed by atoms with van der Waals surface area (Å²) in [5.74, 6) is -1.13. The lowest BCUT2D eigenvalue weighted by atomic mass is 9.83. The van der Waals surface area contributed by atoms with Crippen molar-refractivity contribution in [2.45, 2.75) is 57.1 Å². The summed E-state index contributed by atoms with van der Waals surface area (Å²) in [5.41, 5.74) is 8.74. The van der Waals surface area contributed by atoms with E-state index in [-0.39, 0.29) is 23.4 Å². The molecule has 3 aromatic rings. The molecule has 1 amide bonds. The van der Waals surface area contributed by atoms with Crippen LogP contribution in [0.15, 0.2) is 53.1 Å². The Morgan fingerprint density at radius 3 is 2.57 bits per heavy atom. The second-order valence-corrected chi connectivity index (χ2v) is 9.95. The van der Waals surface area contributed by atoms with Gasteiger partial charge >= 0.3 is 0 Å². The molecule has 1 fully saturated rings. The van der Waals surface area contributed by atoms with Gasteiger partial charge in [-0.3, -0.25) is 4.79 Å². The van der Waals surface area contributed by atoms with Crippen LogP contribution in [0.4, 0.5) is 14.6 Å². The number of anilines is 1. The molecular weight excluding hydrogens is 516 g/mol. The number of aliphatic hydroxyl groups excluding tert-OH is 1. The predicted octanol–water partition coefficient (Wildman–Crippen LogP) is 6.27. The van der Waals surface area contributed by atoms with Gasteiger partial charge in [0.2, 0.25) is 0 Å². The van der Waals surface area contributed by atoms with E-state index in [4.69, 9.17) is 5.73 Å². The molecule has 4 rings (SSSR count).